The van der Waals surface area contributed by atoms with Crippen LogP contribution in [0.2, 0.25) is 0 Å². The Labute approximate surface area is 131 Å². The number of rotatable bonds is 5. The molecule has 120 valence electrons. The van der Waals surface area contributed by atoms with Crippen LogP contribution < -0.4 is 14.8 Å². The Morgan fingerprint density at radius 1 is 1.18 bits per heavy atom. The first-order valence-corrected chi connectivity index (χ1v) is 7.42. The van der Waals surface area contributed by atoms with Crippen LogP contribution in [0.1, 0.15) is 28.8 Å². The Morgan fingerprint density at radius 3 is 2.50 bits per heavy atom. The molecule has 0 amide bonds. The molecular formula is C17H23NO4. The highest BCUT2D eigenvalue weighted by atomic mass is 16.5. The SMILES string of the molecule is COC(=O)c1c(/C=C/C2CCNCC2)cc(OC)cc1OC. The average Bonchev–Trinajstić information content (AvgIpc) is 2.59. The zero-order valence-corrected chi connectivity index (χ0v) is 13.3. The third-order valence-corrected chi connectivity index (χ3v) is 3.88. The third kappa shape index (κ3) is 3.80. The van der Waals surface area contributed by atoms with Gasteiger partial charge in [-0.2, -0.15) is 0 Å². The van der Waals surface area contributed by atoms with Crippen LogP contribution in [-0.4, -0.2) is 40.4 Å². The van der Waals surface area contributed by atoms with Gasteiger partial charge in [-0.1, -0.05) is 12.2 Å². The second kappa shape index (κ2) is 7.84. The summed E-state index contributed by atoms with van der Waals surface area (Å²) >= 11 is 0. The molecule has 1 aromatic rings. The van der Waals surface area contributed by atoms with Crippen LogP contribution in [-0.2, 0) is 4.74 Å². The van der Waals surface area contributed by atoms with Crippen molar-refractivity contribution in [2.75, 3.05) is 34.4 Å². The number of carbonyl (C=O) groups excluding carboxylic acids is 1. The van der Waals surface area contributed by atoms with Gasteiger partial charge in [0.2, 0.25) is 0 Å². The fourth-order valence-corrected chi connectivity index (χ4v) is 2.62. The topological polar surface area (TPSA) is 56.8 Å². The number of piperidine rings is 1. The monoisotopic (exact) mass is 305 g/mol. The van der Waals surface area contributed by atoms with Crippen LogP contribution in [0, 0.1) is 5.92 Å². The molecule has 0 aliphatic carbocycles. The number of carbonyl (C=O) groups is 1. The molecule has 1 fully saturated rings. The lowest BCUT2D eigenvalue weighted by Gasteiger charge is -2.19. The number of ether oxygens (including phenoxy) is 3. The lowest BCUT2D eigenvalue weighted by atomic mass is 9.96. The van der Waals surface area contributed by atoms with Crippen molar-refractivity contribution in [2.45, 2.75) is 12.8 Å². The van der Waals surface area contributed by atoms with E-state index in [0.717, 1.165) is 31.5 Å². The maximum absolute atomic E-state index is 12.1. The molecule has 0 radical (unpaired) electrons. The Morgan fingerprint density at radius 2 is 1.91 bits per heavy atom. The highest BCUT2D eigenvalue weighted by Gasteiger charge is 2.19. The molecule has 0 bridgehead atoms. The molecule has 5 heteroatoms. The number of nitrogens with one attached hydrogen (secondary N) is 1. The molecule has 1 aliphatic heterocycles. The van der Waals surface area contributed by atoms with Crippen molar-refractivity contribution < 1.29 is 19.0 Å². The van der Waals surface area contributed by atoms with Gasteiger partial charge in [-0.05, 0) is 43.5 Å². The van der Waals surface area contributed by atoms with E-state index in [4.69, 9.17) is 14.2 Å². The van der Waals surface area contributed by atoms with Crippen LogP contribution in [0.5, 0.6) is 11.5 Å². The minimum Gasteiger partial charge on any atom is -0.497 e. The van der Waals surface area contributed by atoms with Gasteiger partial charge < -0.3 is 19.5 Å². The molecule has 1 aromatic carbocycles. The van der Waals surface area contributed by atoms with E-state index < -0.39 is 5.97 Å². The summed E-state index contributed by atoms with van der Waals surface area (Å²) in [5, 5.41) is 3.34. The van der Waals surface area contributed by atoms with E-state index in [1.165, 1.54) is 14.2 Å². The first-order chi connectivity index (χ1) is 10.7. The molecule has 22 heavy (non-hydrogen) atoms. The summed E-state index contributed by atoms with van der Waals surface area (Å²) in [6.07, 6.45) is 6.32. The second-order valence-corrected chi connectivity index (χ2v) is 5.23. The Bertz CT molecular complexity index is 548. The molecule has 0 spiro atoms. The summed E-state index contributed by atoms with van der Waals surface area (Å²) in [6.45, 7) is 2.06. The molecule has 1 N–H and O–H groups in total. The van der Waals surface area contributed by atoms with Gasteiger partial charge in [-0.3, -0.25) is 0 Å². The number of methoxy groups -OCH3 is 3. The molecule has 1 heterocycles. The molecule has 0 aromatic heterocycles. The second-order valence-electron chi connectivity index (χ2n) is 5.23. The number of benzene rings is 1. The molecule has 1 saturated heterocycles. The van der Waals surface area contributed by atoms with Crippen LogP contribution in [0.3, 0.4) is 0 Å². The zero-order valence-electron chi connectivity index (χ0n) is 13.3. The van der Waals surface area contributed by atoms with E-state index in [2.05, 4.69) is 11.4 Å². The van der Waals surface area contributed by atoms with E-state index in [1.54, 1.807) is 13.2 Å². The van der Waals surface area contributed by atoms with E-state index >= 15 is 0 Å². The van der Waals surface area contributed by atoms with E-state index in [9.17, 15) is 4.79 Å². The number of esters is 1. The third-order valence-electron chi connectivity index (χ3n) is 3.88. The predicted octanol–water partition coefficient (Wildman–Crippen LogP) is 2.50. The normalized spacial score (nSPS) is 15.8. The summed E-state index contributed by atoms with van der Waals surface area (Å²) < 4.78 is 15.5. The first kappa shape index (κ1) is 16.4. The van der Waals surface area contributed by atoms with Crippen molar-refractivity contribution in [3.05, 3.63) is 29.3 Å². The van der Waals surface area contributed by atoms with E-state index in [1.807, 2.05) is 12.1 Å². The van der Waals surface area contributed by atoms with Crippen LogP contribution >= 0.6 is 0 Å². The van der Waals surface area contributed by atoms with Gasteiger partial charge in [0, 0.05) is 6.07 Å². The van der Waals surface area contributed by atoms with Gasteiger partial charge in [0.25, 0.3) is 0 Å². The lowest BCUT2D eigenvalue weighted by Crippen LogP contribution is -2.26. The minimum atomic E-state index is -0.413. The summed E-state index contributed by atoms with van der Waals surface area (Å²) in [4.78, 5) is 12.1. The maximum Gasteiger partial charge on any atom is 0.342 e. The number of hydrogen-bond donors (Lipinski definition) is 1. The van der Waals surface area contributed by atoms with Gasteiger partial charge >= 0.3 is 5.97 Å². The summed E-state index contributed by atoms with van der Waals surface area (Å²) in [6, 6.07) is 3.51. The van der Waals surface area contributed by atoms with Gasteiger partial charge in [0.1, 0.15) is 17.1 Å². The van der Waals surface area contributed by atoms with Crippen molar-refractivity contribution in [1.82, 2.24) is 5.32 Å². The number of allylic oxidation sites excluding steroid dienone is 1. The molecule has 0 saturated carbocycles. The molecule has 0 unspecified atom stereocenters. The largest absolute Gasteiger partial charge is 0.497 e. The van der Waals surface area contributed by atoms with Crippen molar-refractivity contribution >= 4 is 12.0 Å². The first-order valence-electron chi connectivity index (χ1n) is 7.42. The molecule has 5 nitrogen and oxygen atoms in total. The van der Waals surface area contributed by atoms with E-state index in [-0.39, 0.29) is 0 Å². The predicted molar refractivity (Wildman–Crippen MR) is 85.5 cm³/mol. The average molecular weight is 305 g/mol. The lowest BCUT2D eigenvalue weighted by molar-refractivity contribution is 0.0597. The maximum atomic E-state index is 12.1. The van der Waals surface area contributed by atoms with Crippen LogP contribution in [0.25, 0.3) is 6.08 Å². The van der Waals surface area contributed by atoms with Gasteiger partial charge in [0.05, 0.1) is 21.3 Å². The minimum absolute atomic E-state index is 0.413. The van der Waals surface area contributed by atoms with Gasteiger partial charge in [0.15, 0.2) is 0 Å². The number of hydrogen-bond acceptors (Lipinski definition) is 5. The van der Waals surface area contributed by atoms with Gasteiger partial charge in [-0.25, -0.2) is 4.79 Å². The summed E-state index contributed by atoms with van der Waals surface area (Å²) in [5.41, 5.74) is 1.18. The van der Waals surface area contributed by atoms with Gasteiger partial charge in [-0.15, -0.1) is 0 Å². The Kier molecular flexibility index (Phi) is 5.83. The fraction of sp³-hybridized carbons (Fsp3) is 0.471. The highest BCUT2D eigenvalue weighted by molar-refractivity contribution is 5.97. The van der Waals surface area contributed by atoms with Crippen LogP contribution in [0.4, 0.5) is 0 Å². The molecule has 0 atom stereocenters. The van der Waals surface area contributed by atoms with Crippen molar-refractivity contribution in [1.29, 1.82) is 0 Å². The fourth-order valence-electron chi connectivity index (χ4n) is 2.62. The molecular weight excluding hydrogens is 282 g/mol. The summed E-state index contributed by atoms with van der Waals surface area (Å²) in [7, 11) is 4.49. The standard InChI is InChI=1S/C17H23NO4/c1-20-14-10-13(5-4-12-6-8-18-9-7-12)16(17(19)22-3)15(11-14)21-2/h4-5,10-12,18H,6-9H2,1-3H3/b5-4+. The van der Waals surface area contributed by atoms with Crippen molar-refractivity contribution in [2.24, 2.45) is 5.92 Å². The summed E-state index contributed by atoms with van der Waals surface area (Å²) in [5.74, 6) is 1.21. The zero-order chi connectivity index (χ0) is 15.9. The Balaban J connectivity index is 2.37. The molecule has 1 aliphatic rings. The van der Waals surface area contributed by atoms with E-state index in [0.29, 0.717) is 23.0 Å². The van der Waals surface area contributed by atoms with Crippen LogP contribution in [0.15, 0.2) is 18.2 Å². The molecule has 2 rings (SSSR count). The van der Waals surface area contributed by atoms with Crippen molar-refractivity contribution in [3.63, 3.8) is 0 Å². The Hall–Kier alpha value is -2.01. The quantitative estimate of drug-likeness (QED) is 0.847. The highest BCUT2D eigenvalue weighted by Crippen LogP contribution is 2.31. The smallest absolute Gasteiger partial charge is 0.342 e. The van der Waals surface area contributed by atoms with Crippen molar-refractivity contribution in [3.8, 4) is 11.5 Å².